The molecule has 4 heterocycles. The van der Waals surface area contributed by atoms with Crippen molar-refractivity contribution in [3.05, 3.63) is 70.4 Å². The first-order chi connectivity index (χ1) is 16.5. The van der Waals surface area contributed by atoms with E-state index in [0.717, 1.165) is 36.2 Å². The third-order valence-electron chi connectivity index (χ3n) is 5.97. The minimum atomic E-state index is -0.0418. The van der Waals surface area contributed by atoms with E-state index >= 15 is 0 Å². The van der Waals surface area contributed by atoms with Gasteiger partial charge < -0.3 is 15.3 Å². The molecule has 2 N–H and O–H groups in total. The van der Waals surface area contributed by atoms with Crippen LogP contribution in [0.1, 0.15) is 40.5 Å². The van der Waals surface area contributed by atoms with E-state index < -0.39 is 0 Å². The Morgan fingerprint density at radius 2 is 1.91 bits per heavy atom. The Bertz CT molecular complexity index is 1360. The summed E-state index contributed by atoms with van der Waals surface area (Å²) in [7, 11) is 0. The van der Waals surface area contributed by atoms with E-state index in [-0.39, 0.29) is 11.9 Å². The highest BCUT2D eigenvalue weighted by molar-refractivity contribution is 7.16. The maximum atomic E-state index is 9.66. The van der Waals surface area contributed by atoms with Crippen molar-refractivity contribution in [3.8, 4) is 23.2 Å². The van der Waals surface area contributed by atoms with Crippen molar-refractivity contribution >= 4 is 28.2 Å². The van der Waals surface area contributed by atoms with Crippen LogP contribution in [0.4, 0.5) is 16.9 Å². The highest BCUT2D eigenvalue weighted by atomic mass is 32.1. The molecule has 5 rings (SSSR count). The summed E-state index contributed by atoms with van der Waals surface area (Å²) in [6.45, 7) is 4.88. The SMILES string of the molecule is Cc1ccc(C2CCCN2c2nc(Nc3ncc(C#N)s3)c(C)c(-c3ccc(O)nc3)n2)cc1. The van der Waals surface area contributed by atoms with Crippen molar-refractivity contribution in [2.75, 3.05) is 16.8 Å². The van der Waals surface area contributed by atoms with Crippen molar-refractivity contribution < 1.29 is 5.11 Å². The maximum Gasteiger partial charge on any atom is 0.228 e. The summed E-state index contributed by atoms with van der Waals surface area (Å²) in [6.07, 6.45) is 5.23. The topological polar surface area (TPSA) is 111 Å². The van der Waals surface area contributed by atoms with Crippen molar-refractivity contribution in [2.24, 2.45) is 0 Å². The first kappa shape index (κ1) is 21.8. The summed E-state index contributed by atoms with van der Waals surface area (Å²) in [4.78, 5) is 21.0. The second-order valence-electron chi connectivity index (χ2n) is 8.28. The van der Waals surface area contributed by atoms with Gasteiger partial charge in [0.15, 0.2) is 5.13 Å². The Kier molecular flexibility index (Phi) is 5.82. The highest BCUT2D eigenvalue weighted by Gasteiger charge is 2.29. The van der Waals surface area contributed by atoms with E-state index in [2.05, 4.69) is 57.4 Å². The molecule has 0 amide bonds. The number of aryl methyl sites for hydroxylation is 1. The number of nitrogens with zero attached hydrogens (tertiary/aromatic N) is 6. The molecule has 0 spiro atoms. The van der Waals surface area contributed by atoms with Gasteiger partial charge in [-0.25, -0.2) is 15.0 Å². The lowest BCUT2D eigenvalue weighted by Crippen LogP contribution is -2.25. The maximum absolute atomic E-state index is 9.66. The molecule has 0 radical (unpaired) electrons. The van der Waals surface area contributed by atoms with Crippen LogP contribution in [0.3, 0.4) is 0 Å². The molecule has 0 bridgehead atoms. The van der Waals surface area contributed by atoms with Crippen LogP contribution in [-0.4, -0.2) is 31.6 Å². The second kappa shape index (κ2) is 9.08. The predicted octanol–water partition coefficient (Wildman–Crippen LogP) is 5.27. The van der Waals surface area contributed by atoms with Crippen LogP contribution in [0.25, 0.3) is 11.3 Å². The normalized spacial score (nSPS) is 15.3. The van der Waals surface area contributed by atoms with Crippen LogP contribution in [0.5, 0.6) is 5.88 Å². The summed E-state index contributed by atoms with van der Waals surface area (Å²) in [5, 5.41) is 22.7. The molecule has 1 unspecified atom stereocenters. The van der Waals surface area contributed by atoms with Gasteiger partial charge in [0.05, 0.1) is 17.9 Å². The summed E-state index contributed by atoms with van der Waals surface area (Å²) >= 11 is 1.27. The molecule has 9 heteroatoms. The lowest BCUT2D eigenvalue weighted by atomic mass is 10.0. The fourth-order valence-corrected chi connectivity index (χ4v) is 4.80. The number of anilines is 3. The van der Waals surface area contributed by atoms with Crippen molar-refractivity contribution in [1.82, 2.24) is 19.9 Å². The zero-order valence-corrected chi connectivity index (χ0v) is 19.7. The van der Waals surface area contributed by atoms with Crippen LogP contribution in [0.15, 0.2) is 48.8 Å². The number of benzene rings is 1. The van der Waals surface area contributed by atoms with Gasteiger partial charge >= 0.3 is 0 Å². The number of rotatable bonds is 5. The quantitative estimate of drug-likeness (QED) is 0.406. The fourth-order valence-electron chi connectivity index (χ4n) is 4.19. The van der Waals surface area contributed by atoms with Crippen LogP contribution in [0, 0.1) is 25.2 Å². The van der Waals surface area contributed by atoms with E-state index in [0.29, 0.717) is 21.8 Å². The Balaban J connectivity index is 1.59. The minimum Gasteiger partial charge on any atom is -0.493 e. The number of nitrogens with one attached hydrogen (secondary N) is 1. The lowest BCUT2D eigenvalue weighted by Gasteiger charge is -2.26. The molecular formula is C25H23N7OS. The Labute approximate surface area is 201 Å². The van der Waals surface area contributed by atoms with Crippen LogP contribution < -0.4 is 10.2 Å². The molecule has 1 aliphatic heterocycles. The summed E-state index contributed by atoms with van der Waals surface area (Å²) in [5.41, 5.74) is 4.81. The van der Waals surface area contributed by atoms with Gasteiger partial charge in [-0.15, -0.1) is 0 Å². The fraction of sp³-hybridized carbons (Fsp3) is 0.240. The van der Waals surface area contributed by atoms with Gasteiger partial charge in [0.25, 0.3) is 0 Å². The highest BCUT2D eigenvalue weighted by Crippen LogP contribution is 2.38. The van der Waals surface area contributed by atoms with Gasteiger partial charge in [-0.05, 0) is 38.3 Å². The Morgan fingerprint density at radius 1 is 1.09 bits per heavy atom. The molecule has 0 saturated carbocycles. The molecule has 1 fully saturated rings. The van der Waals surface area contributed by atoms with Gasteiger partial charge in [-0.2, -0.15) is 10.2 Å². The van der Waals surface area contributed by atoms with Crippen molar-refractivity contribution in [2.45, 2.75) is 32.7 Å². The number of hydrogen-bond donors (Lipinski definition) is 2. The average Bonchev–Trinajstić information content (AvgIpc) is 3.51. The number of hydrogen-bond acceptors (Lipinski definition) is 9. The molecule has 3 aromatic heterocycles. The van der Waals surface area contributed by atoms with Gasteiger partial charge in [-0.3, -0.25) is 0 Å². The Hall–Kier alpha value is -4.03. The predicted molar refractivity (Wildman–Crippen MR) is 132 cm³/mol. The molecule has 1 aliphatic rings. The number of thiazole rings is 1. The van der Waals surface area contributed by atoms with Gasteiger partial charge in [0, 0.05) is 29.9 Å². The zero-order valence-electron chi connectivity index (χ0n) is 18.9. The Morgan fingerprint density at radius 3 is 2.62 bits per heavy atom. The molecule has 0 aliphatic carbocycles. The molecule has 34 heavy (non-hydrogen) atoms. The van der Waals surface area contributed by atoms with Crippen molar-refractivity contribution in [3.63, 3.8) is 0 Å². The van der Waals surface area contributed by atoms with Gasteiger partial charge in [-0.1, -0.05) is 41.2 Å². The molecular weight excluding hydrogens is 446 g/mol. The van der Waals surface area contributed by atoms with E-state index in [1.807, 2.05) is 6.92 Å². The first-order valence-electron chi connectivity index (χ1n) is 11.0. The van der Waals surface area contributed by atoms with Crippen molar-refractivity contribution in [1.29, 1.82) is 5.26 Å². The second-order valence-corrected chi connectivity index (χ2v) is 9.31. The standard InChI is InChI=1S/C25H23N7OS/c1-15-5-7-17(8-6-15)20-4-3-11-32(20)24-29-22(18-9-10-21(33)27-13-18)16(2)23(30-24)31-25-28-14-19(12-26)34-25/h5-10,13-14,20H,3-4,11H2,1-2H3,(H,27,33)(H,28,29,30,31). The summed E-state index contributed by atoms with van der Waals surface area (Å²) in [5.74, 6) is 1.21. The number of aromatic hydroxyl groups is 1. The minimum absolute atomic E-state index is 0.0418. The average molecular weight is 470 g/mol. The third kappa shape index (κ3) is 4.28. The van der Waals surface area contributed by atoms with Crippen LogP contribution >= 0.6 is 11.3 Å². The van der Waals surface area contributed by atoms with Crippen LogP contribution in [0.2, 0.25) is 0 Å². The van der Waals surface area contributed by atoms with E-state index in [1.54, 1.807) is 24.5 Å². The molecule has 1 aromatic carbocycles. The molecule has 1 saturated heterocycles. The first-order valence-corrected chi connectivity index (χ1v) is 11.8. The molecule has 4 aromatic rings. The lowest BCUT2D eigenvalue weighted by molar-refractivity contribution is 0.453. The molecule has 8 nitrogen and oxygen atoms in total. The largest absolute Gasteiger partial charge is 0.493 e. The molecule has 170 valence electrons. The zero-order chi connectivity index (χ0) is 23.7. The van der Waals surface area contributed by atoms with E-state index in [1.165, 1.54) is 22.5 Å². The third-order valence-corrected chi connectivity index (χ3v) is 6.79. The van der Waals surface area contributed by atoms with E-state index in [9.17, 15) is 5.11 Å². The van der Waals surface area contributed by atoms with Gasteiger partial charge in [0.2, 0.25) is 11.8 Å². The van der Waals surface area contributed by atoms with E-state index in [4.69, 9.17) is 15.2 Å². The summed E-state index contributed by atoms with van der Waals surface area (Å²) in [6, 6.07) is 14.3. The monoisotopic (exact) mass is 469 g/mol. The number of aromatic nitrogens is 4. The summed E-state index contributed by atoms with van der Waals surface area (Å²) < 4.78 is 0. The number of nitriles is 1. The van der Waals surface area contributed by atoms with Gasteiger partial charge in [0.1, 0.15) is 16.8 Å². The smallest absolute Gasteiger partial charge is 0.228 e. The molecule has 1 atom stereocenters. The van der Waals surface area contributed by atoms with Crippen LogP contribution in [-0.2, 0) is 0 Å². The number of pyridine rings is 1.